The molecule has 2 aromatic carbocycles. The van der Waals surface area contributed by atoms with Crippen LogP contribution in [0.15, 0.2) is 85.5 Å². The standard InChI is InChI=1S/C23H21N5O2/c29-20-10-4-17(5-11-20)12-13-25-23(30)21-2-1-3-22(27-21)26-18-6-8-19(9-7-18)28-15-14-24-16-28/h1-11,14-16,29H,12-13H2,(H,25,30)(H,26,27). The van der Waals surface area contributed by atoms with Gasteiger partial charge in [0.2, 0.25) is 0 Å². The Balaban J connectivity index is 1.35. The molecule has 0 atom stereocenters. The van der Waals surface area contributed by atoms with Gasteiger partial charge in [-0.1, -0.05) is 18.2 Å². The van der Waals surface area contributed by atoms with Crippen LogP contribution in [-0.4, -0.2) is 32.1 Å². The van der Waals surface area contributed by atoms with Crippen molar-refractivity contribution in [1.82, 2.24) is 19.9 Å². The van der Waals surface area contributed by atoms with E-state index in [2.05, 4.69) is 20.6 Å². The number of aromatic hydroxyl groups is 1. The molecule has 30 heavy (non-hydrogen) atoms. The molecule has 2 aromatic heterocycles. The van der Waals surface area contributed by atoms with E-state index in [4.69, 9.17) is 0 Å². The Morgan fingerprint density at radius 3 is 2.53 bits per heavy atom. The maximum Gasteiger partial charge on any atom is 0.269 e. The van der Waals surface area contributed by atoms with E-state index in [1.54, 1.807) is 36.8 Å². The summed E-state index contributed by atoms with van der Waals surface area (Å²) in [5.41, 5.74) is 3.26. The number of nitrogens with one attached hydrogen (secondary N) is 2. The predicted molar refractivity (Wildman–Crippen MR) is 115 cm³/mol. The summed E-state index contributed by atoms with van der Waals surface area (Å²) in [6.07, 6.45) is 6.03. The summed E-state index contributed by atoms with van der Waals surface area (Å²) in [5.74, 6) is 0.595. The Kier molecular flexibility index (Phi) is 5.70. The Morgan fingerprint density at radius 2 is 1.80 bits per heavy atom. The number of carbonyl (C=O) groups excluding carboxylic acids is 1. The lowest BCUT2D eigenvalue weighted by molar-refractivity contribution is 0.0949. The van der Waals surface area contributed by atoms with Crippen molar-refractivity contribution < 1.29 is 9.90 Å². The number of anilines is 2. The molecule has 1 amide bonds. The van der Waals surface area contributed by atoms with E-state index in [0.717, 1.165) is 16.9 Å². The second-order valence-corrected chi connectivity index (χ2v) is 6.72. The summed E-state index contributed by atoms with van der Waals surface area (Å²) in [6, 6.07) is 20.1. The average molecular weight is 399 g/mol. The van der Waals surface area contributed by atoms with E-state index >= 15 is 0 Å². The minimum absolute atomic E-state index is 0.229. The largest absolute Gasteiger partial charge is 0.508 e. The molecular weight excluding hydrogens is 378 g/mol. The zero-order valence-electron chi connectivity index (χ0n) is 16.2. The number of amides is 1. The molecule has 0 unspecified atom stereocenters. The predicted octanol–water partition coefficient (Wildman–Crippen LogP) is 3.69. The van der Waals surface area contributed by atoms with Crippen LogP contribution in [-0.2, 0) is 6.42 Å². The fourth-order valence-electron chi connectivity index (χ4n) is 2.98. The van der Waals surface area contributed by atoms with E-state index < -0.39 is 0 Å². The van der Waals surface area contributed by atoms with Gasteiger partial charge in [-0.2, -0.15) is 0 Å². The third-order valence-electron chi connectivity index (χ3n) is 4.56. The van der Waals surface area contributed by atoms with Crippen LogP contribution in [0.3, 0.4) is 0 Å². The molecule has 0 fully saturated rings. The first kappa shape index (κ1) is 19.2. The van der Waals surface area contributed by atoms with Gasteiger partial charge in [0.25, 0.3) is 5.91 Å². The van der Waals surface area contributed by atoms with Crippen molar-refractivity contribution in [2.75, 3.05) is 11.9 Å². The van der Waals surface area contributed by atoms with Crippen molar-refractivity contribution in [3.63, 3.8) is 0 Å². The highest BCUT2D eigenvalue weighted by atomic mass is 16.3. The molecule has 0 aliphatic heterocycles. The highest BCUT2D eigenvalue weighted by Gasteiger charge is 2.08. The van der Waals surface area contributed by atoms with Gasteiger partial charge in [0.15, 0.2) is 0 Å². The van der Waals surface area contributed by atoms with Gasteiger partial charge in [-0.05, 0) is 60.5 Å². The zero-order chi connectivity index (χ0) is 20.8. The van der Waals surface area contributed by atoms with Crippen LogP contribution >= 0.6 is 0 Å². The fourth-order valence-corrected chi connectivity index (χ4v) is 2.98. The minimum atomic E-state index is -0.229. The van der Waals surface area contributed by atoms with Crippen LogP contribution in [0, 0.1) is 0 Å². The number of phenolic OH excluding ortho intramolecular Hbond substituents is 1. The number of pyridine rings is 1. The van der Waals surface area contributed by atoms with Gasteiger partial charge in [0, 0.05) is 30.3 Å². The minimum Gasteiger partial charge on any atom is -0.508 e. The quantitative estimate of drug-likeness (QED) is 0.441. The first-order valence-electron chi connectivity index (χ1n) is 9.56. The number of nitrogens with zero attached hydrogens (tertiary/aromatic N) is 3. The number of rotatable bonds is 7. The topological polar surface area (TPSA) is 92.1 Å². The second kappa shape index (κ2) is 8.91. The lowest BCUT2D eigenvalue weighted by Crippen LogP contribution is -2.26. The molecule has 0 bridgehead atoms. The maximum atomic E-state index is 12.4. The number of aromatic nitrogens is 3. The van der Waals surface area contributed by atoms with Gasteiger partial charge in [-0.25, -0.2) is 9.97 Å². The van der Waals surface area contributed by atoms with Gasteiger partial charge in [-0.15, -0.1) is 0 Å². The van der Waals surface area contributed by atoms with E-state index in [1.807, 2.05) is 53.2 Å². The molecule has 0 aliphatic rings. The van der Waals surface area contributed by atoms with Crippen LogP contribution < -0.4 is 10.6 Å². The fraction of sp³-hybridized carbons (Fsp3) is 0.0870. The molecule has 2 heterocycles. The first-order chi connectivity index (χ1) is 14.7. The van der Waals surface area contributed by atoms with E-state index in [1.165, 1.54) is 0 Å². The number of phenols is 1. The van der Waals surface area contributed by atoms with E-state index in [0.29, 0.717) is 24.5 Å². The Morgan fingerprint density at radius 1 is 1.00 bits per heavy atom. The highest BCUT2D eigenvalue weighted by Crippen LogP contribution is 2.17. The van der Waals surface area contributed by atoms with E-state index in [-0.39, 0.29) is 11.7 Å². The molecule has 7 heteroatoms. The maximum absolute atomic E-state index is 12.4. The zero-order valence-corrected chi connectivity index (χ0v) is 16.2. The number of imidazole rings is 1. The molecule has 0 saturated heterocycles. The molecule has 0 aliphatic carbocycles. The van der Waals surface area contributed by atoms with Crippen molar-refractivity contribution in [2.24, 2.45) is 0 Å². The van der Waals surface area contributed by atoms with Crippen molar-refractivity contribution in [1.29, 1.82) is 0 Å². The lowest BCUT2D eigenvalue weighted by atomic mass is 10.1. The van der Waals surface area contributed by atoms with Crippen molar-refractivity contribution in [3.8, 4) is 11.4 Å². The lowest BCUT2D eigenvalue weighted by Gasteiger charge is -2.09. The third-order valence-corrected chi connectivity index (χ3v) is 4.56. The van der Waals surface area contributed by atoms with Gasteiger partial charge in [-0.3, -0.25) is 4.79 Å². The second-order valence-electron chi connectivity index (χ2n) is 6.72. The Bertz CT molecular complexity index is 1110. The normalized spacial score (nSPS) is 10.5. The molecule has 150 valence electrons. The van der Waals surface area contributed by atoms with Gasteiger partial charge in [0.05, 0.1) is 6.33 Å². The summed E-state index contributed by atoms with van der Waals surface area (Å²) in [7, 11) is 0. The Hall–Kier alpha value is -4.13. The molecule has 7 nitrogen and oxygen atoms in total. The SMILES string of the molecule is O=C(NCCc1ccc(O)cc1)c1cccc(Nc2ccc(-n3ccnc3)cc2)n1. The van der Waals surface area contributed by atoms with Crippen LogP contribution in [0.1, 0.15) is 16.1 Å². The molecule has 0 saturated carbocycles. The monoisotopic (exact) mass is 399 g/mol. The number of hydrogen-bond acceptors (Lipinski definition) is 5. The summed E-state index contributed by atoms with van der Waals surface area (Å²) in [6.45, 7) is 0.485. The molecule has 4 rings (SSSR count). The number of hydrogen-bond donors (Lipinski definition) is 3. The van der Waals surface area contributed by atoms with Gasteiger partial charge in [0.1, 0.15) is 17.3 Å². The van der Waals surface area contributed by atoms with Crippen molar-refractivity contribution >= 4 is 17.4 Å². The summed E-state index contributed by atoms with van der Waals surface area (Å²) >= 11 is 0. The first-order valence-corrected chi connectivity index (χ1v) is 9.56. The number of carbonyl (C=O) groups is 1. The van der Waals surface area contributed by atoms with Crippen molar-refractivity contribution in [2.45, 2.75) is 6.42 Å². The summed E-state index contributed by atoms with van der Waals surface area (Å²) in [4.78, 5) is 20.9. The molecule has 0 radical (unpaired) electrons. The van der Waals surface area contributed by atoms with Crippen LogP contribution in [0.2, 0.25) is 0 Å². The summed E-state index contributed by atoms with van der Waals surface area (Å²) in [5, 5.41) is 15.4. The highest BCUT2D eigenvalue weighted by molar-refractivity contribution is 5.92. The van der Waals surface area contributed by atoms with Crippen LogP contribution in [0.5, 0.6) is 5.75 Å². The van der Waals surface area contributed by atoms with Crippen LogP contribution in [0.4, 0.5) is 11.5 Å². The van der Waals surface area contributed by atoms with Crippen molar-refractivity contribution in [3.05, 3.63) is 96.7 Å². The van der Waals surface area contributed by atoms with E-state index in [9.17, 15) is 9.90 Å². The van der Waals surface area contributed by atoms with Gasteiger partial charge >= 0.3 is 0 Å². The number of benzene rings is 2. The third kappa shape index (κ3) is 4.82. The Labute approximate surface area is 174 Å². The molecule has 3 N–H and O–H groups in total. The smallest absolute Gasteiger partial charge is 0.269 e. The molecule has 4 aromatic rings. The summed E-state index contributed by atoms with van der Waals surface area (Å²) < 4.78 is 1.92. The average Bonchev–Trinajstić information content (AvgIpc) is 3.31. The van der Waals surface area contributed by atoms with Gasteiger partial charge < -0.3 is 20.3 Å². The van der Waals surface area contributed by atoms with Crippen LogP contribution in [0.25, 0.3) is 5.69 Å². The molecular formula is C23H21N5O2. The molecule has 0 spiro atoms.